The number of nitrogens with one attached hydrogen (secondary N) is 1. The number of rotatable bonds is 4. The number of alkyl halides is 3. The number of amides is 1. The highest BCUT2D eigenvalue weighted by Crippen LogP contribution is 2.30. The van der Waals surface area contributed by atoms with Gasteiger partial charge in [0, 0.05) is 24.0 Å². The van der Waals surface area contributed by atoms with Gasteiger partial charge in [0.1, 0.15) is 0 Å². The first-order valence-electron chi connectivity index (χ1n) is 8.62. The predicted molar refractivity (Wildman–Crippen MR) is 99.7 cm³/mol. The zero-order chi connectivity index (χ0) is 20.5. The van der Waals surface area contributed by atoms with Gasteiger partial charge in [0.25, 0.3) is 5.91 Å². The summed E-state index contributed by atoms with van der Waals surface area (Å²) in [4.78, 5) is 13.7. The molecule has 10 heteroatoms. The molecule has 1 saturated heterocycles. The van der Waals surface area contributed by atoms with Gasteiger partial charge in [0.2, 0.25) is 10.0 Å². The smallest absolute Gasteiger partial charge is 0.349 e. The third-order valence-corrected chi connectivity index (χ3v) is 7.49. The maximum atomic E-state index is 12.7. The molecular weight excluding hydrogens is 413 g/mol. The quantitative estimate of drug-likeness (QED) is 0.802. The van der Waals surface area contributed by atoms with Crippen LogP contribution in [0.5, 0.6) is 0 Å². The molecule has 3 rings (SSSR count). The molecule has 2 aromatic rings. The first kappa shape index (κ1) is 20.8. The van der Waals surface area contributed by atoms with E-state index in [0.717, 1.165) is 29.1 Å². The molecule has 2 heterocycles. The molecule has 0 spiro atoms. The highest BCUT2D eigenvalue weighted by atomic mass is 32.2. The SMILES string of the molecule is Cc1ccc(C(=O)NC2CCN(S(=O)(=O)c3ccc(C(F)(F)F)cc3)CC2)s1. The molecule has 152 valence electrons. The predicted octanol–water partition coefficient (Wildman–Crippen LogP) is 3.66. The molecule has 1 N–H and O–H groups in total. The maximum absolute atomic E-state index is 12.7. The molecule has 0 atom stereocenters. The highest BCUT2D eigenvalue weighted by Gasteiger charge is 2.33. The van der Waals surface area contributed by atoms with Crippen LogP contribution in [0, 0.1) is 6.92 Å². The molecule has 1 amide bonds. The zero-order valence-electron chi connectivity index (χ0n) is 15.0. The van der Waals surface area contributed by atoms with Gasteiger partial charge in [-0.3, -0.25) is 4.79 Å². The number of piperidine rings is 1. The molecule has 1 fully saturated rings. The monoisotopic (exact) mass is 432 g/mol. The van der Waals surface area contributed by atoms with Crippen LogP contribution in [0.2, 0.25) is 0 Å². The van der Waals surface area contributed by atoms with Crippen LogP contribution >= 0.6 is 11.3 Å². The van der Waals surface area contributed by atoms with Gasteiger partial charge in [-0.2, -0.15) is 17.5 Å². The average Bonchev–Trinajstić information content (AvgIpc) is 3.08. The van der Waals surface area contributed by atoms with Crippen LogP contribution in [-0.4, -0.2) is 37.8 Å². The molecule has 0 saturated carbocycles. The molecule has 5 nitrogen and oxygen atoms in total. The van der Waals surface area contributed by atoms with E-state index in [1.165, 1.54) is 15.6 Å². The number of halogens is 3. The minimum absolute atomic E-state index is 0.144. The first-order chi connectivity index (χ1) is 13.1. The Kier molecular flexibility index (Phi) is 5.83. The fourth-order valence-electron chi connectivity index (χ4n) is 3.02. The summed E-state index contributed by atoms with van der Waals surface area (Å²) in [7, 11) is -3.87. The van der Waals surface area contributed by atoms with E-state index in [1.807, 2.05) is 13.0 Å². The standard InChI is InChI=1S/C18H19F3N2O3S2/c1-12-2-7-16(27-12)17(24)22-14-8-10-23(11-9-14)28(25,26)15-5-3-13(4-6-15)18(19,20)21/h2-7,14H,8-11H2,1H3,(H,22,24). The molecular formula is C18H19F3N2O3S2. The van der Waals surface area contributed by atoms with Crippen LogP contribution in [0.1, 0.15) is 33.0 Å². The second kappa shape index (κ2) is 7.84. The summed E-state index contributed by atoms with van der Waals surface area (Å²) >= 11 is 1.39. The van der Waals surface area contributed by atoms with Crippen molar-refractivity contribution in [1.29, 1.82) is 0 Å². The molecule has 1 aromatic heterocycles. The second-order valence-corrected chi connectivity index (χ2v) is 9.81. The van der Waals surface area contributed by atoms with Gasteiger partial charge in [-0.25, -0.2) is 8.42 Å². The first-order valence-corrected chi connectivity index (χ1v) is 10.9. The van der Waals surface area contributed by atoms with Crippen molar-refractivity contribution in [1.82, 2.24) is 9.62 Å². The lowest BCUT2D eigenvalue weighted by Crippen LogP contribution is -2.46. The molecule has 0 bridgehead atoms. The van der Waals surface area contributed by atoms with E-state index in [-0.39, 0.29) is 29.9 Å². The molecule has 1 aromatic carbocycles. The Balaban J connectivity index is 1.61. The third kappa shape index (κ3) is 4.56. The van der Waals surface area contributed by atoms with E-state index in [0.29, 0.717) is 17.7 Å². The number of thiophene rings is 1. The summed E-state index contributed by atoms with van der Waals surface area (Å²) in [6, 6.07) is 6.95. The fraction of sp³-hybridized carbons (Fsp3) is 0.389. The Labute approximate surface area is 165 Å². The fourth-order valence-corrected chi connectivity index (χ4v) is 5.26. The van der Waals surface area contributed by atoms with Gasteiger partial charge in [-0.05, 0) is 56.2 Å². The largest absolute Gasteiger partial charge is 0.416 e. The normalized spacial score (nSPS) is 16.9. The topological polar surface area (TPSA) is 66.5 Å². The van der Waals surface area contributed by atoms with Crippen molar-refractivity contribution in [2.45, 2.75) is 36.9 Å². The van der Waals surface area contributed by atoms with Crippen LogP contribution in [0.15, 0.2) is 41.3 Å². The van der Waals surface area contributed by atoms with E-state index >= 15 is 0 Å². The molecule has 28 heavy (non-hydrogen) atoms. The van der Waals surface area contributed by atoms with E-state index in [4.69, 9.17) is 0 Å². The van der Waals surface area contributed by atoms with E-state index < -0.39 is 21.8 Å². The Morgan fingerprint density at radius 3 is 2.21 bits per heavy atom. The van der Waals surface area contributed by atoms with Crippen LogP contribution < -0.4 is 5.32 Å². The molecule has 1 aliphatic heterocycles. The van der Waals surface area contributed by atoms with Crippen molar-refractivity contribution in [2.75, 3.05) is 13.1 Å². The summed E-state index contributed by atoms with van der Waals surface area (Å²) < 4.78 is 64.5. The van der Waals surface area contributed by atoms with E-state index in [1.54, 1.807) is 6.07 Å². The summed E-state index contributed by atoms with van der Waals surface area (Å²) in [6.07, 6.45) is -3.63. The lowest BCUT2D eigenvalue weighted by Gasteiger charge is -2.31. The van der Waals surface area contributed by atoms with Gasteiger partial charge in [0.15, 0.2) is 0 Å². The van der Waals surface area contributed by atoms with E-state index in [9.17, 15) is 26.4 Å². The van der Waals surface area contributed by atoms with Gasteiger partial charge in [-0.15, -0.1) is 11.3 Å². The number of nitrogens with zero attached hydrogens (tertiary/aromatic N) is 1. The van der Waals surface area contributed by atoms with Crippen LogP contribution in [0.25, 0.3) is 0 Å². The number of hydrogen-bond acceptors (Lipinski definition) is 4. The lowest BCUT2D eigenvalue weighted by atomic mass is 10.1. The molecule has 0 radical (unpaired) electrons. The summed E-state index contributed by atoms with van der Waals surface area (Å²) in [6.45, 7) is 2.29. The minimum atomic E-state index is -4.51. The number of benzene rings is 1. The molecule has 0 unspecified atom stereocenters. The second-order valence-electron chi connectivity index (χ2n) is 6.58. The Morgan fingerprint density at radius 2 is 1.71 bits per heavy atom. The van der Waals surface area contributed by atoms with Crippen molar-refractivity contribution in [3.8, 4) is 0 Å². The number of carbonyl (C=O) groups is 1. The van der Waals surface area contributed by atoms with Crippen LogP contribution in [0.4, 0.5) is 13.2 Å². The van der Waals surface area contributed by atoms with Crippen molar-refractivity contribution in [3.05, 3.63) is 51.7 Å². The van der Waals surface area contributed by atoms with Gasteiger partial charge < -0.3 is 5.32 Å². The lowest BCUT2D eigenvalue weighted by molar-refractivity contribution is -0.137. The molecule has 1 aliphatic rings. The van der Waals surface area contributed by atoms with Crippen molar-refractivity contribution < 1.29 is 26.4 Å². The number of aryl methyl sites for hydroxylation is 1. The third-order valence-electron chi connectivity index (χ3n) is 4.57. The summed E-state index contributed by atoms with van der Waals surface area (Å²) in [5, 5.41) is 2.91. The summed E-state index contributed by atoms with van der Waals surface area (Å²) in [5.41, 5.74) is -0.892. The number of carbonyl (C=O) groups excluding carboxylic acids is 1. The van der Waals surface area contributed by atoms with Gasteiger partial charge >= 0.3 is 6.18 Å². The van der Waals surface area contributed by atoms with Crippen molar-refractivity contribution >= 4 is 27.3 Å². The maximum Gasteiger partial charge on any atom is 0.416 e. The molecule has 0 aliphatic carbocycles. The van der Waals surface area contributed by atoms with Crippen LogP contribution in [-0.2, 0) is 16.2 Å². The highest BCUT2D eigenvalue weighted by molar-refractivity contribution is 7.89. The van der Waals surface area contributed by atoms with E-state index in [2.05, 4.69) is 5.32 Å². The van der Waals surface area contributed by atoms with Crippen LogP contribution in [0.3, 0.4) is 0 Å². The minimum Gasteiger partial charge on any atom is -0.349 e. The average molecular weight is 432 g/mol. The number of sulfonamides is 1. The van der Waals surface area contributed by atoms with Gasteiger partial charge in [-0.1, -0.05) is 0 Å². The van der Waals surface area contributed by atoms with Gasteiger partial charge in [0.05, 0.1) is 15.3 Å². The Bertz CT molecular complexity index is 945. The van der Waals surface area contributed by atoms with Crippen molar-refractivity contribution in [3.63, 3.8) is 0 Å². The zero-order valence-corrected chi connectivity index (χ0v) is 16.6. The van der Waals surface area contributed by atoms with Crippen molar-refractivity contribution in [2.24, 2.45) is 0 Å². The number of hydrogen-bond donors (Lipinski definition) is 1. The summed E-state index contributed by atoms with van der Waals surface area (Å²) in [5.74, 6) is -0.179. The Morgan fingerprint density at radius 1 is 1.11 bits per heavy atom. The Hall–Kier alpha value is -1.91.